The summed E-state index contributed by atoms with van der Waals surface area (Å²) in [4.78, 5) is 17.5. The van der Waals surface area contributed by atoms with Gasteiger partial charge in [0.15, 0.2) is 5.82 Å². The van der Waals surface area contributed by atoms with Crippen LogP contribution in [0.25, 0.3) is 0 Å². The molecule has 1 aliphatic heterocycles. The van der Waals surface area contributed by atoms with E-state index in [4.69, 9.17) is 16.3 Å². The van der Waals surface area contributed by atoms with Crippen LogP contribution in [-0.4, -0.2) is 37.3 Å². The van der Waals surface area contributed by atoms with Gasteiger partial charge in [0, 0.05) is 24.8 Å². The number of pyridine rings is 1. The number of nitrogens with zero attached hydrogens (tertiary/aromatic N) is 2. The molecule has 0 atom stereocenters. The minimum absolute atomic E-state index is 0.0948. The molecule has 1 saturated heterocycles. The van der Waals surface area contributed by atoms with Gasteiger partial charge in [0.05, 0.1) is 12.8 Å². The number of aryl methyl sites for hydroxylation is 1. The fourth-order valence-corrected chi connectivity index (χ4v) is 4.16. The summed E-state index contributed by atoms with van der Waals surface area (Å²) in [7, 11) is 1.67. The number of ether oxygens (including phenoxy) is 1. The van der Waals surface area contributed by atoms with Gasteiger partial charge in [-0.3, -0.25) is 15.6 Å². The van der Waals surface area contributed by atoms with Crippen molar-refractivity contribution < 1.29 is 22.7 Å². The van der Waals surface area contributed by atoms with E-state index in [1.54, 1.807) is 13.2 Å². The van der Waals surface area contributed by atoms with Crippen molar-refractivity contribution in [3.63, 3.8) is 0 Å². The average Bonchev–Trinajstić information content (AvgIpc) is 2.78. The number of hydrogen-bond acceptors (Lipinski definition) is 5. The number of nitrogens with one attached hydrogen (secondary N) is 2. The minimum Gasteiger partial charge on any atom is -0.496 e. The number of aromatic nitrogens is 1. The van der Waals surface area contributed by atoms with E-state index in [0.717, 1.165) is 31.7 Å². The van der Waals surface area contributed by atoms with Crippen molar-refractivity contribution >= 4 is 29.0 Å². The molecule has 2 N–H and O–H groups in total. The molecule has 1 aromatic carbocycles. The van der Waals surface area contributed by atoms with Crippen molar-refractivity contribution in [2.24, 2.45) is 0 Å². The highest BCUT2D eigenvalue weighted by Crippen LogP contribution is 2.39. The summed E-state index contributed by atoms with van der Waals surface area (Å²) >= 11 is 6.42. The van der Waals surface area contributed by atoms with Gasteiger partial charge in [0.2, 0.25) is 5.91 Å². The van der Waals surface area contributed by atoms with Crippen LogP contribution < -0.4 is 20.5 Å². The third-order valence-corrected chi connectivity index (χ3v) is 5.67. The Labute approximate surface area is 197 Å². The lowest BCUT2D eigenvalue weighted by Gasteiger charge is -2.35. The van der Waals surface area contributed by atoms with E-state index in [0.29, 0.717) is 11.6 Å². The molecule has 6 nitrogen and oxygen atoms in total. The first-order chi connectivity index (χ1) is 15.7. The summed E-state index contributed by atoms with van der Waals surface area (Å²) in [5.41, 5.74) is 7.50. The molecule has 3 rings (SSSR count). The maximum atomic E-state index is 12.3. The third-order valence-electron chi connectivity index (χ3n) is 5.30. The molecule has 0 spiro atoms. The number of amides is 1. The molecule has 0 radical (unpaired) electrons. The zero-order chi connectivity index (χ0) is 24.6. The fraction of sp³-hybridized carbons (Fsp3) is 0.478. The van der Waals surface area contributed by atoms with Gasteiger partial charge in [-0.2, -0.15) is 13.2 Å². The summed E-state index contributed by atoms with van der Waals surface area (Å²) in [6.07, 6.45) is -2.89. The highest BCUT2D eigenvalue weighted by molar-refractivity contribution is 6.35. The van der Waals surface area contributed by atoms with Crippen LogP contribution in [0.4, 0.5) is 24.7 Å². The molecule has 182 valence electrons. The summed E-state index contributed by atoms with van der Waals surface area (Å²) in [6.45, 7) is 7.56. The third kappa shape index (κ3) is 7.15. The summed E-state index contributed by atoms with van der Waals surface area (Å²) in [5.74, 6) is 0.120. The van der Waals surface area contributed by atoms with Crippen LogP contribution in [0.1, 0.15) is 50.2 Å². The van der Waals surface area contributed by atoms with E-state index >= 15 is 0 Å². The van der Waals surface area contributed by atoms with E-state index in [-0.39, 0.29) is 10.8 Å². The van der Waals surface area contributed by atoms with Crippen LogP contribution in [0.15, 0.2) is 30.5 Å². The molecule has 2 heterocycles. The van der Waals surface area contributed by atoms with Crippen molar-refractivity contribution in [2.45, 2.75) is 52.1 Å². The summed E-state index contributed by atoms with van der Waals surface area (Å²) in [6, 6.07) is 7.78. The van der Waals surface area contributed by atoms with Gasteiger partial charge in [0.25, 0.3) is 0 Å². The quantitative estimate of drug-likeness (QED) is 0.501. The first-order valence-electron chi connectivity index (χ1n) is 10.8. The second-order valence-corrected chi connectivity index (χ2v) is 7.79. The van der Waals surface area contributed by atoms with Gasteiger partial charge in [0.1, 0.15) is 17.2 Å². The molecule has 0 aliphatic carbocycles. The Morgan fingerprint density at radius 3 is 2.52 bits per heavy atom. The zero-order valence-electron chi connectivity index (χ0n) is 19.2. The van der Waals surface area contributed by atoms with Crippen molar-refractivity contribution in [2.75, 3.05) is 30.5 Å². The first-order valence-corrected chi connectivity index (χ1v) is 11.2. The van der Waals surface area contributed by atoms with Gasteiger partial charge in [-0.25, -0.2) is 4.98 Å². The molecular weight excluding hydrogens is 457 g/mol. The second-order valence-electron chi connectivity index (χ2n) is 7.41. The second kappa shape index (κ2) is 12.0. The standard InChI is InChI=1S/C21H24ClF3N4O2.C2H6/c1-13-4-3-5-16(31-2)18(13)14-7-10-29(11-8-14)15-6-9-26-20(19(15)22)28-27-17(30)12-21(23,24)25;1-2/h3-6,9,14H,7-8,10-12H2,1-2H3,(H,26,28)(H,27,30);1-2H3. The van der Waals surface area contributed by atoms with E-state index in [1.165, 1.54) is 17.3 Å². The lowest BCUT2D eigenvalue weighted by atomic mass is 9.86. The summed E-state index contributed by atoms with van der Waals surface area (Å²) < 4.78 is 42.4. The molecule has 0 bridgehead atoms. The Bertz CT molecular complexity index is 932. The highest BCUT2D eigenvalue weighted by Gasteiger charge is 2.31. The van der Waals surface area contributed by atoms with Gasteiger partial charge in [-0.15, -0.1) is 0 Å². The van der Waals surface area contributed by atoms with Crippen LogP contribution in [-0.2, 0) is 4.79 Å². The number of alkyl halides is 3. The Kier molecular flexibility index (Phi) is 9.64. The molecule has 1 amide bonds. The van der Waals surface area contributed by atoms with E-state index < -0.39 is 18.5 Å². The van der Waals surface area contributed by atoms with Crippen LogP contribution in [0, 0.1) is 6.92 Å². The predicted molar refractivity (Wildman–Crippen MR) is 125 cm³/mol. The van der Waals surface area contributed by atoms with Gasteiger partial charge in [-0.05, 0) is 43.4 Å². The molecule has 1 fully saturated rings. The van der Waals surface area contributed by atoms with Gasteiger partial charge in [-0.1, -0.05) is 37.6 Å². The van der Waals surface area contributed by atoms with Crippen LogP contribution in [0.5, 0.6) is 5.75 Å². The number of rotatable bonds is 6. The van der Waals surface area contributed by atoms with Crippen molar-refractivity contribution in [3.8, 4) is 5.75 Å². The zero-order valence-corrected chi connectivity index (χ0v) is 20.0. The van der Waals surface area contributed by atoms with Crippen LogP contribution in [0.3, 0.4) is 0 Å². The van der Waals surface area contributed by atoms with Crippen molar-refractivity contribution in [1.29, 1.82) is 0 Å². The number of carbonyl (C=O) groups excluding carboxylic acids is 1. The van der Waals surface area contributed by atoms with E-state index in [1.807, 2.05) is 31.4 Å². The van der Waals surface area contributed by atoms with Crippen molar-refractivity contribution in [1.82, 2.24) is 10.4 Å². The normalized spacial score (nSPS) is 14.2. The number of methoxy groups -OCH3 is 1. The number of hydrazine groups is 1. The highest BCUT2D eigenvalue weighted by atomic mass is 35.5. The largest absolute Gasteiger partial charge is 0.496 e. The topological polar surface area (TPSA) is 66.5 Å². The first kappa shape index (κ1) is 26.6. The van der Waals surface area contributed by atoms with Gasteiger partial charge >= 0.3 is 6.18 Å². The Morgan fingerprint density at radius 2 is 1.91 bits per heavy atom. The molecule has 0 unspecified atom stereocenters. The maximum Gasteiger partial charge on any atom is 0.397 e. The van der Waals surface area contributed by atoms with Gasteiger partial charge < -0.3 is 9.64 Å². The maximum absolute atomic E-state index is 12.3. The Hall–Kier alpha value is -2.68. The Morgan fingerprint density at radius 1 is 1.24 bits per heavy atom. The predicted octanol–water partition coefficient (Wildman–Crippen LogP) is 5.86. The molecule has 1 aromatic heterocycles. The smallest absolute Gasteiger partial charge is 0.397 e. The fourth-order valence-electron chi connectivity index (χ4n) is 3.88. The lowest BCUT2D eigenvalue weighted by Crippen LogP contribution is -2.35. The summed E-state index contributed by atoms with van der Waals surface area (Å²) in [5, 5.41) is 0.238. The number of halogens is 4. The minimum atomic E-state index is -4.59. The Balaban J connectivity index is 0.00000187. The molecule has 2 aromatic rings. The average molecular weight is 487 g/mol. The number of carbonyl (C=O) groups is 1. The number of hydrogen-bond donors (Lipinski definition) is 2. The van der Waals surface area contributed by atoms with Crippen LogP contribution >= 0.6 is 11.6 Å². The van der Waals surface area contributed by atoms with Crippen molar-refractivity contribution in [3.05, 3.63) is 46.6 Å². The number of benzene rings is 1. The number of piperidine rings is 1. The molecule has 0 saturated carbocycles. The monoisotopic (exact) mass is 486 g/mol. The lowest BCUT2D eigenvalue weighted by molar-refractivity contribution is -0.153. The SMILES string of the molecule is CC.COc1cccc(C)c1C1CCN(c2ccnc(NNC(=O)CC(F)(F)F)c2Cl)CC1. The molecular formula is C23H30ClF3N4O2. The van der Waals surface area contributed by atoms with E-state index in [2.05, 4.69) is 28.3 Å². The molecule has 10 heteroatoms. The van der Waals surface area contributed by atoms with Crippen LogP contribution in [0.2, 0.25) is 5.02 Å². The molecule has 33 heavy (non-hydrogen) atoms. The van der Waals surface area contributed by atoms with E-state index in [9.17, 15) is 18.0 Å². The number of anilines is 2. The molecule has 1 aliphatic rings.